The third kappa shape index (κ3) is 5.15. The van der Waals surface area contributed by atoms with Gasteiger partial charge in [-0.05, 0) is 88.0 Å². The Bertz CT molecular complexity index is 1010. The minimum atomic E-state index is -0.588. The first-order valence-electron chi connectivity index (χ1n) is 8.62. The van der Waals surface area contributed by atoms with Crippen LogP contribution in [0.3, 0.4) is 0 Å². The maximum Gasteiger partial charge on any atom is 0.344 e. The minimum Gasteiger partial charge on any atom is -0.506 e. The van der Waals surface area contributed by atoms with Crippen molar-refractivity contribution in [3.8, 4) is 5.75 Å². The average molecular weight is 633 g/mol. The molecule has 1 aliphatic rings. The molecule has 0 amide bonds. The number of esters is 1. The molecular formula is C21H17I2NO4S. The van der Waals surface area contributed by atoms with Gasteiger partial charge in [-0.1, -0.05) is 30.0 Å². The summed E-state index contributed by atoms with van der Waals surface area (Å²) in [5, 5.41) is 11.2. The summed E-state index contributed by atoms with van der Waals surface area (Å²) < 4.78 is 12.4. The van der Waals surface area contributed by atoms with Crippen LogP contribution in [-0.4, -0.2) is 29.8 Å². The van der Waals surface area contributed by atoms with E-state index in [-0.39, 0.29) is 17.9 Å². The van der Waals surface area contributed by atoms with Gasteiger partial charge < -0.3 is 14.6 Å². The number of carbonyl (C=O) groups excluding carboxylic acids is 1. The average Bonchev–Trinajstić information content (AvgIpc) is 2.97. The molecule has 5 nitrogen and oxygen atoms in total. The van der Waals surface area contributed by atoms with Gasteiger partial charge in [-0.15, -0.1) is 0 Å². The molecule has 150 valence electrons. The molecule has 1 N–H and O–H groups in total. The van der Waals surface area contributed by atoms with E-state index in [2.05, 4.69) is 50.2 Å². The molecule has 0 aromatic heterocycles. The molecule has 0 bridgehead atoms. The molecule has 0 atom stereocenters. The van der Waals surface area contributed by atoms with Crippen LogP contribution in [0.4, 0.5) is 5.69 Å². The fourth-order valence-corrected chi connectivity index (χ4v) is 5.91. The first-order valence-corrected chi connectivity index (χ1v) is 11.6. The zero-order valence-corrected chi connectivity index (χ0v) is 20.7. The van der Waals surface area contributed by atoms with Gasteiger partial charge in [-0.3, -0.25) is 0 Å². The molecule has 2 aromatic carbocycles. The first-order chi connectivity index (χ1) is 13.9. The number of nitrogens with zero attached hydrogens (tertiary/aromatic N) is 1. The number of ether oxygens (including phenoxy) is 2. The van der Waals surface area contributed by atoms with Crippen LogP contribution in [0.5, 0.6) is 5.75 Å². The Morgan fingerprint density at radius 3 is 2.45 bits per heavy atom. The van der Waals surface area contributed by atoms with Crippen molar-refractivity contribution in [1.82, 2.24) is 0 Å². The number of hydrogen-bond acceptors (Lipinski definition) is 6. The van der Waals surface area contributed by atoms with Crippen LogP contribution in [0, 0.1) is 7.14 Å². The van der Waals surface area contributed by atoms with Gasteiger partial charge in [0.15, 0.2) is 0 Å². The van der Waals surface area contributed by atoms with Gasteiger partial charge in [0.1, 0.15) is 22.1 Å². The normalized spacial score (nSPS) is 16.6. The lowest BCUT2D eigenvalue weighted by molar-refractivity contribution is -0.138. The Labute approximate surface area is 200 Å². The lowest BCUT2D eigenvalue weighted by Gasteiger charge is -2.07. The summed E-state index contributed by atoms with van der Waals surface area (Å²) in [5.41, 5.74) is 1.67. The van der Waals surface area contributed by atoms with E-state index in [1.54, 1.807) is 14.0 Å². The SMILES string of the molecule is CCOC(=O)C1=C(O)/C(=C/c2cc(I)c(OC)c(I)c2)SC1=Nc1ccccc1. The van der Waals surface area contributed by atoms with Crippen LogP contribution in [0.15, 0.2) is 63.7 Å². The van der Waals surface area contributed by atoms with Crippen LogP contribution >= 0.6 is 56.9 Å². The van der Waals surface area contributed by atoms with Gasteiger partial charge in [0.2, 0.25) is 0 Å². The first kappa shape index (κ1) is 22.2. The number of aliphatic hydroxyl groups excluding tert-OH is 1. The molecule has 0 fully saturated rings. The van der Waals surface area contributed by atoms with E-state index in [4.69, 9.17) is 9.47 Å². The molecule has 8 heteroatoms. The van der Waals surface area contributed by atoms with Crippen molar-refractivity contribution in [2.45, 2.75) is 6.92 Å². The van der Waals surface area contributed by atoms with Crippen LogP contribution in [0.1, 0.15) is 12.5 Å². The van der Waals surface area contributed by atoms with Gasteiger partial charge in [-0.2, -0.15) is 0 Å². The monoisotopic (exact) mass is 633 g/mol. The van der Waals surface area contributed by atoms with E-state index in [0.29, 0.717) is 15.6 Å². The lowest BCUT2D eigenvalue weighted by Crippen LogP contribution is -2.12. The fraction of sp³-hybridized carbons (Fsp3) is 0.143. The van der Waals surface area contributed by atoms with Crippen molar-refractivity contribution in [3.05, 3.63) is 71.4 Å². The zero-order valence-electron chi connectivity index (χ0n) is 15.6. The van der Waals surface area contributed by atoms with E-state index in [0.717, 1.165) is 18.5 Å². The van der Waals surface area contributed by atoms with Crippen molar-refractivity contribution >= 4 is 79.7 Å². The van der Waals surface area contributed by atoms with Crippen LogP contribution in [0.2, 0.25) is 0 Å². The predicted octanol–water partition coefficient (Wildman–Crippen LogP) is 6.10. The minimum absolute atomic E-state index is 0.0878. The number of halogens is 2. The number of aliphatic imine (C=N–C) groups is 1. The Morgan fingerprint density at radius 1 is 1.21 bits per heavy atom. The number of aliphatic hydroxyl groups is 1. The van der Waals surface area contributed by atoms with E-state index in [1.165, 1.54) is 11.8 Å². The summed E-state index contributed by atoms with van der Waals surface area (Å²) in [6, 6.07) is 13.2. The molecular weight excluding hydrogens is 616 g/mol. The zero-order chi connectivity index (χ0) is 21.0. The van der Waals surface area contributed by atoms with Crippen molar-refractivity contribution in [2.24, 2.45) is 4.99 Å². The number of benzene rings is 2. The molecule has 2 aromatic rings. The molecule has 0 saturated carbocycles. The second-order valence-corrected chi connectivity index (χ2v) is 9.18. The molecule has 0 aliphatic carbocycles. The van der Waals surface area contributed by atoms with Gasteiger partial charge in [0.25, 0.3) is 0 Å². The molecule has 0 saturated heterocycles. The molecule has 1 heterocycles. The molecule has 0 radical (unpaired) electrons. The summed E-state index contributed by atoms with van der Waals surface area (Å²) in [7, 11) is 1.64. The maximum absolute atomic E-state index is 12.5. The quantitative estimate of drug-likeness (QED) is 0.319. The second kappa shape index (κ2) is 9.98. The third-order valence-corrected chi connectivity index (χ3v) is 6.50. The number of rotatable bonds is 5. The number of para-hydroxylation sites is 1. The molecule has 0 unspecified atom stereocenters. The number of thioether (sulfide) groups is 1. The van der Waals surface area contributed by atoms with Crippen LogP contribution < -0.4 is 4.74 Å². The number of methoxy groups -OCH3 is 1. The van der Waals surface area contributed by atoms with E-state index in [9.17, 15) is 9.90 Å². The Kier molecular flexibility index (Phi) is 7.63. The van der Waals surface area contributed by atoms with Crippen LogP contribution in [-0.2, 0) is 9.53 Å². The highest BCUT2D eigenvalue weighted by atomic mass is 127. The number of hydrogen-bond donors (Lipinski definition) is 1. The highest BCUT2D eigenvalue weighted by Crippen LogP contribution is 2.41. The van der Waals surface area contributed by atoms with Crippen molar-refractivity contribution < 1.29 is 19.4 Å². The number of carbonyl (C=O) groups is 1. The fourth-order valence-electron chi connectivity index (χ4n) is 2.62. The summed E-state index contributed by atoms with van der Waals surface area (Å²) in [4.78, 5) is 17.6. The molecule has 29 heavy (non-hydrogen) atoms. The summed E-state index contributed by atoms with van der Waals surface area (Å²) in [5.74, 6) is 0.101. The van der Waals surface area contributed by atoms with Crippen LogP contribution in [0.25, 0.3) is 6.08 Å². The van der Waals surface area contributed by atoms with Gasteiger partial charge in [0.05, 0.1) is 31.4 Å². The molecule has 3 rings (SSSR count). The largest absolute Gasteiger partial charge is 0.506 e. The predicted molar refractivity (Wildman–Crippen MR) is 134 cm³/mol. The highest BCUT2D eigenvalue weighted by Gasteiger charge is 2.33. The lowest BCUT2D eigenvalue weighted by atomic mass is 10.1. The summed E-state index contributed by atoms with van der Waals surface area (Å²) >= 11 is 5.66. The van der Waals surface area contributed by atoms with Crippen molar-refractivity contribution in [1.29, 1.82) is 0 Å². The van der Waals surface area contributed by atoms with E-state index in [1.807, 2.05) is 48.5 Å². The summed E-state index contributed by atoms with van der Waals surface area (Å²) in [6.45, 7) is 1.94. The van der Waals surface area contributed by atoms with Crippen molar-refractivity contribution in [3.63, 3.8) is 0 Å². The molecule has 0 spiro atoms. The Hall–Kier alpha value is -1.53. The third-order valence-electron chi connectivity index (χ3n) is 3.88. The van der Waals surface area contributed by atoms with Gasteiger partial charge in [0, 0.05) is 0 Å². The van der Waals surface area contributed by atoms with E-state index < -0.39 is 5.97 Å². The smallest absolute Gasteiger partial charge is 0.344 e. The highest BCUT2D eigenvalue weighted by molar-refractivity contribution is 14.1. The van der Waals surface area contributed by atoms with Crippen molar-refractivity contribution in [2.75, 3.05) is 13.7 Å². The summed E-state index contributed by atoms with van der Waals surface area (Å²) in [6.07, 6.45) is 1.83. The standard InChI is InChI=1S/C21H17I2NO4S/c1-3-28-21(26)17-18(25)16(29-20(17)24-13-7-5-4-6-8-13)11-12-9-14(22)19(27-2)15(23)10-12/h4-11,25H,3H2,1-2H3/b16-11-,24-20?. The Morgan fingerprint density at radius 2 is 1.86 bits per heavy atom. The van der Waals surface area contributed by atoms with Gasteiger partial charge >= 0.3 is 5.97 Å². The maximum atomic E-state index is 12.5. The molecule has 1 aliphatic heterocycles. The Balaban J connectivity index is 2.06. The topological polar surface area (TPSA) is 68.1 Å². The van der Waals surface area contributed by atoms with Gasteiger partial charge in [-0.25, -0.2) is 9.79 Å². The second-order valence-electron chi connectivity index (χ2n) is 5.83. The van der Waals surface area contributed by atoms with E-state index >= 15 is 0 Å².